The van der Waals surface area contributed by atoms with Crippen LogP contribution < -0.4 is 4.74 Å². The van der Waals surface area contributed by atoms with Crippen LogP contribution in [-0.2, 0) is 13.0 Å². The van der Waals surface area contributed by atoms with Crippen LogP contribution in [0.25, 0.3) is 16.9 Å². The summed E-state index contributed by atoms with van der Waals surface area (Å²) in [4.78, 5) is 2.59. The molecule has 30 heavy (non-hydrogen) atoms. The van der Waals surface area contributed by atoms with Crippen LogP contribution in [0.5, 0.6) is 5.75 Å². The van der Waals surface area contributed by atoms with Gasteiger partial charge < -0.3 is 9.30 Å². The van der Waals surface area contributed by atoms with E-state index in [2.05, 4.69) is 77.5 Å². The van der Waals surface area contributed by atoms with Gasteiger partial charge in [-0.1, -0.05) is 25.5 Å². The molecule has 4 heteroatoms. The maximum Gasteiger partial charge on any atom is 0.118 e. The van der Waals surface area contributed by atoms with E-state index in [1.807, 2.05) is 12.1 Å². The average Bonchev–Trinajstić information content (AvgIpc) is 3.11. The zero-order valence-electron chi connectivity index (χ0n) is 18.4. The molecular weight excluding hydrogens is 388 g/mol. The van der Waals surface area contributed by atoms with Crippen molar-refractivity contribution in [3.63, 3.8) is 0 Å². The smallest absolute Gasteiger partial charge is 0.118 e. The van der Waals surface area contributed by atoms with Gasteiger partial charge in [0, 0.05) is 42.5 Å². The Morgan fingerprint density at radius 2 is 1.67 bits per heavy atom. The van der Waals surface area contributed by atoms with Gasteiger partial charge >= 0.3 is 0 Å². The molecule has 0 N–H and O–H groups in total. The molecular formula is C26H32N2OS. The molecule has 2 aromatic carbocycles. The minimum atomic E-state index is 0.892. The van der Waals surface area contributed by atoms with E-state index >= 15 is 0 Å². The number of thioether (sulfide) groups is 1. The summed E-state index contributed by atoms with van der Waals surface area (Å²) in [5, 5.41) is 0. The third-order valence-corrected chi connectivity index (χ3v) is 6.91. The molecule has 1 aliphatic rings. The maximum absolute atomic E-state index is 5.37. The quantitative estimate of drug-likeness (QED) is 0.469. The predicted molar refractivity (Wildman–Crippen MR) is 129 cm³/mol. The second kappa shape index (κ2) is 9.76. The first kappa shape index (κ1) is 21.1. The monoisotopic (exact) mass is 420 g/mol. The molecule has 0 spiro atoms. The van der Waals surface area contributed by atoms with E-state index in [1.165, 1.54) is 64.8 Å². The lowest BCUT2D eigenvalue weighted by atomic mass is 10.1. The van der Waals surface area contributed by atoms with Gasteiger partial charge in [-0.25, -0.2) is 0 Å². The second-order valence-electron chi connectivity index (χ2n) is 8.01. The number of ether oxygens (including phenoxy) is 1. The number of benzene rings is 2. The van der Waals surface area contributed by atoms with Crippen LogP contribution in [0.2, 0.25) is 0 Å². The molecule has 1 fully saturated rings. The van der Waals surface area contributed by atoms with Crippen molar-refractivity contribution >= 4 is 11.8 Å². The highest BCUT2D eigenvalue weighted by Gasteiger charge is 2.18. The lowest BCUT2D eigenvalue weighted by molar-refractivity contribution is 0.294. The summed E-state index contributed by atoms with van der Waals surface area (Å²) < 4.78 is 7.79. The van der Waals surface area contributed by atoms with Crippen LogP contribution in [0.3, 0.4) is 0 Å². The SMILES string of the molecule is CCCc1ccc(-n2c(-c3ccc(OC)cc3)cc(CN3CCSCC3)c2C)cc1. The number of nitrogens with zero attached hydrogens (tertiary/aromatic N) is 2. The molecule has 0 bridgehead atoms. The molecule has 3 nitrogen and oxygen atoms in total. The van der Waals surface area contributed by atoms with Gasteiger partial charge in [0.15, 0.2) is 0 Å². The van der Waals surface area contributed by atoms with E-state index in [0.717, 1.165) is 18.7 Å². The van der Waals surface area contributed by atoms with Gasteiger partial charge in [-0.3, -0.25) is 4.90 Å². The Bertz CT molecular complexity index is 954. The van der Waals surface area contributed by atoms with Crippen molar-refractivity contribution in [3.05, 3.63) is 71.4 Å². The van der Waals surface area contributed by atoms with Gasteiger partial charge in [0.2, 0.25) is 0 Å². The Kier molecular flexibility index (Phi) is 6.86. The van der Waals surface area contributed by atoms with Gasteiger partial charge in [0.05, 0.1) is 12.8 Å². The maximum atomic E-state index is 5.37. The second-order valence-corrected chi connectivity index (χ2v) is 9.23. The van der Waals surface area contributed by atoms with E-state index in [1.54, 1.807) is 7.11 Å². The fraction of sp³-hybridized carbons (Fsp3) is 0.385. The molecule has 0 amide bonds. The van der Waals surface area contributed by atoms with Gasteiger partial charge in [-0.15, -0.1) is 0 Å². The van der Waals surface area contributed by atoms with Crippen LogP contribution >= 0.6 is 11.8 Å². The van der Waals surface area contributed by atoms with Gasteiger partial charge in [0.25, 0.3) is 0 Å². The lowest BCUT2D eigenvalue weighted by Gasteiger charge is -2.26. The first-order chi connectivity index (χ1) is 14.7. The van der Waals surface area contributed by atoms with Gasteiger partial charge in [-0.2, -0.15) is 11.8 Å². The fourth-order valence-corrected chi connectivity index (χ4v) is 5.20. The molecule has 1 aromatic heterocycles. The Morgan fingerprint density at radius 3 is 2.30 bits per heavy atom. The minimum absolute atomic E-state index is 0.892. The highest BCUT2D eigenvalue weighted by atomic mass is 32.2. The Balaban J connectivity index is 1.74. The van der Waals surface area contributed by atoms with E-state index in [-0.39, 0.29) is 0 Å². The predicted octanol–water partition coefficient (Wildman–Crippen LogP) is 5.96. The zero-order chi connectivity index (χ0) is 20.9. The summed E-state index contributed by atoms with van der Waals surface area (Å²) in [6, 6.07) is 19.9. The number of methoxy groups -OCH3 is 1. The molecule has 4 rings (SSSR count). The highest BCUT2D eigenvalue weighted by molar-refractivity contribution is 7.99. The van der Waals surface area contributed by atoms with E-state index in [4.69, 9.17) is 4.74 Å². The standard InChI is InChI=1S/C26H32N2OS/c1-4-5-21-6-10-24(11-7-21)28-20(2)23(19-27-14-16-30-17-15-27)18-26(28)22-8-12-25(29-3)13-9-22/h6-13,18H,4-5,14-17,19H2,1-3H3. The first-order valence-electron chi connectivity index (χ1n) is 10.9. The summed E-state index contributed by atoms with van der Waals surface area (Å²) in [5.41, 5.74) is 7.87. The summed E-state index contributed by atoms with van der Waals surface area (Å²) >= 11 is 2.07. The Morgan fingerprint density at radius 1 is 0.967 bits per heavy atom. The fourth-order valence-electron chi connectivity index (χ4n) is 4.23. The third kappa shape index (κ3) is 4.60. The van der Waals surface area contributed by atoms with E-state index in [0.29, 0.717) is 0 Å². The van der Waals surface area contributed by atoms with Crippen molar-refractivity contribution in [1.82, 2.24) is 9.47 Å². The Labute approximate surface area is 185 Å². The summed E-state index contributed by atoms with van der Waals surface area (Å²) in [6.45, 7) is 7.88. The topological polar surface area (TPSA) is 17.4 Å². The number of aromatic nitrogens is 1. The van der Waals surface area contributed by atoms with Crippen LogP contribution in [0.15, 0.2) is 54.6 Å². The molecule has 3 aromatic rings. The van der Waals surface area contributed by atoms with Crippen molar-refractivity contribution < 1.29 is 4.74 Å². The van der Waals surface area contributed by atoms with Crippen LogP contribution in [-0.4, -0.2) is 41.2 Å². The molecule has 1 aliphatic heterocycles. The Hall–Kier alpha value is -2.17. The third-order valence-electron chi connectivity index (χ3n) is 5.97. The van der Waals surface area contributed by atoms with Crippen LogP contribution in [0.4, 0.5) is 0 Å². The largest absolute Gasteiger partial charge is 0.497 e. The van der Waals surface area contributed by atoms with Crippen molar-refractivity contribution in [2.75, 3.05) is 31.7 Å². The summed E-state index contributed by atoms with van der Waals surface area (Å²) in [6.07, 6.45) is 2.31. The van der Waals surface area contributed by atoms with Crippen molar-refractivity contribution in [3.8, 4) is 22.7 Å². The van der Waals surface area contributed by atoms with Gasteiger partial charge in [-0.05, 0) is 72.5 Å². The zero-order valence-corrected chi connectivity index (χ0v) is 19.2. The molecule has 0 unspecified atom stereocenters. The van der Waals surface area contributed by atoms with Crippen LogP contribution in [0.1, 0.15) is 30.2 Å². The number of rotatable bonds is 7. The average molecular weight is 421 g/mol. The minimum Gasteiger partial charge on any atom is -0.497 e. The van der Waals surface area contributed by atoms with Crippen LogP contribution in [0, 0.1) is 6.92 Å². The van der Waals surface area contributed by atoms with Crippen molar-refractivity contribution in [2.45, 2.75) is 33.2 Å². The molecule has 2 heterocycles. The van der Waals surface area contributed by atoms with Crippen molar-refractivity contribution in [2.24, 2.45) is 0 Å². The molecule has 0 saturated carbocycles. The summed E-state index contributed by atoms with van der Waals surface area (Å²) in [7, 11) is 1.72. The molecule has 0 aliphatic carbocycles. The normalized spacial score (nSPS) is 14.8. The molecule has 0 atom stereocenters. The van der Waals surface area contributed by atoms with Gasteiger partial charge in [0.1, 0.15) is 5.75 Å². The number of aryl methyl sites for hydroxylation is 1. The molecule has 1 saturated heterocycles. The first-order valence-corrected chi connectivity index (χ1v) is 12.1. The van der Waals surface area contributed by atoms with E-state index in [9.17, 15) is 0 Å². The molecule has 0 radical (unpaired) electrons. The number of hydrogen-bond acceptors (Lipinski definition) is 3. The van der Waals surface area contributed by atoms with E-state index < -0.39 is 0 Å². The van der Waals surface area contributed by atoms with Crippen molar-refractivity contribution in [1.29, 1.82) is 0 Å². The molecule has 158 valence electrons. The number of hydrogen-bond donors (Lipinski definition) is 0. The lowest BCUT2D eigenvalue weighted by Crippen LogP contribution is -2.32. The highest BCUT2D eigenvalue weighted by Crippen LogP contribution is 2.32. The summed E-state index contributed by atoms with van der Waals surface area (Å²) in [5.74, 6) is 3.37.